The average Bonchev–Trinajstić information content (AvgIpc) is 2.63. The van der Waals surface area contributed by atoms with Gasteiger partial charge in [-0.15, -0.1) is 0 Å². The zero-order valence-electron chi connectivity index (χ0n) is 13.6. The lowest BCUT2D eigenvalue weighted by atomic mass is 9.80. The summed E-state index contributed by atoms with van der Waals surface area (Å²) in [5, 5.41) is 1.60. The van der Waals surface area contributed by atoms with Crippen LogP contribution in [0.4, 0.5) is 0 Å². The minimum absolute atomic E-state index is 0.661. The van der Waals surface area contributed by atoms with E-state index in [1.807, 2.05) is 47.8 Å². The summed E-state index contributed by atoms with van der Waals surface area (Å²) < 4.78 is 0. The van der Waals surface area contributed by atoms with Gasteiger partial charge in [0.2, 0.25) is 0 Å². The van der Waals surface area contributed by atoms with Gasteiger partial charge >= 0.3 is 0 Å². The maximum atomic E-state index is 5.99. The molecule has 0 radical (unpaired) electrons. The van der Waals surface area contributed by atoms with E-state index in [1.54, 1.807) is 0 Å². The van der Waals surface area contributed by atoms with Crippen molar-refractivity contribution in [3.63, 3.8) is 0 Å². The number of allylic oxidation sites excluding steroid dienone is 4. The number of hydrogen-bond acceptors (Lipinski definition) is 2. The van der Waals surface area contributed by atoms with Gasteiger partial charge in [0.1, 0.15) is 0 Å². The van der Waals surface area contributed by atoms with Crippen LogP contribution in [0.2, 0.25) is 10.0 Å². The van der Waals surface area contributed by atoms with E-state index in [1.165, 1.54) is 26.0 Å². The SMILES string of the molecule is Clc1ccc(SC2=CCC3CC2CC=C3Sc2ccc(Cl)cc2)cc1. The van der Waals surface area contributed by atoms with Crippen molar-refractivity contribution in [1.29, 1.82) is 0 Å². The standard InChI is InChI=1S/C21H18Cl2S2/c22-16-3-7-18(8-4-16)24-20-11-1-14-13-15(20)2-12-21(14)25-19-9-5-17(23)6-10-19/h3-12,14-15H,1-2,13H2. The Kier molecular flexibility index (Phi) is 5.52. The minimum atomic E-state index is 0.661. The van der Waals surface area contributed by atoms with Crippen LogP contribution in [-0.4, -0.2) is 0 Å². The van der Waals surface area contributed by atoms with E-state index in [4.69, 9.17) is 23.2 Å². The molecule has 0 aliphatic heterocycles. The number of thioether (sulfide) groups is 2. The van der Waals surface area contributed by atoms with Gasteiger partial charge in [-0.2, -0.15) is 0 Å². The Hall–Kier alpha value is -0.800. The fourth-order valence-electron chi connectivity index (χ4n) is 3.38. The maximum Gasteiger partial charge on any atom is 0.0406 e. The van der Waals surface area contributed by atoms with Gasteiger partial charge in [-0.05, 0) is 89.4 Å². The fraction of sp³-hybridized carbons (Fsp3) is 0.238. The van der Waals surface area contributed by atoms with Crippen molar-refractivity contribution in [3.05, 3.63) is 80.5 Å². The quantitative estimate of drug-likeness (QED) is 0.504. The zero-order chi connectivity index (χ0) is 17.2. The summed E-state index contributed by atoms with van der Waals surface area (Å²) in [5.74, 6) is 1.32. The Morgan fingerprint density at radius 3 is 1.44 bits per heavy atom. The van der Waals surface area contributed by atoms with Crippen LogP contribution >= 0.6 is 46.7 Å². The summed E-state index contributed by atoms with van der Waals surface area (Å²) in [6.45, 7) is 0. The molecule has 0 amide bonds. The molecule has 2 bridgehead atoms. The van der Waals surface area contributed by atoms with Crippen LogP contribution in [0.25, 0.3) is 0 Å². The largest absolute Gasteiger partial charge is 0.0946 e. The van der Waals surface area contributed by atoms with Crippen LogP contribution in [0.3, 0.4) is 0 Å². The van der Waals surface area contributed by atoms with E-state index in [2.05, 4.69) is 36.4 Å². The minimum Gasteiger partial charge on any atom is -0.0946 e. The second-order valence-corrected chi connectivity index (χ2v) is 9.59. The molecule has 2 aliphatic rings. The predicted molar refractivity (Wildman–Crippen MR) is 112 cm³/mol. The predicted octanol–water partition coefficient (Wildman–Crippen LogP) is 8.08. The van der Waals surface area contributed by atoms with E-state index >= 15 is 0 Å². The Bertz CT molecular complexity index is 737. The maximum absolute atomic E-state index is 5.99. The molecule has 0 N–H and O–H groups in total. The third-order valence-corrected chi connectivity index (χ3v) is 7.67. The Labute approximate surface area is 167 Å². The lowest BCUT2D eigenvalue weighted by Crippen LogP contribution is -2.19. The number of benzene rings is 2. The first-order valence-electron chi connectivity index (χ1n) is 8.44. The molecule has 0 heterocycles. The number of hydrogen-bond donors (Lipinski definition) is 0. The van der Waals surface area contributed by atoms with Crippen molar-refractivity contribution in [2.45, 2.75) is 29.1 Å². The summed E-state index contributed by atoms with van der Waals surface area (Å²) in [4.78, 5) is 5.59. The van der Waals surface area contributed by atoms with Crippen LogP contribution in [0.5, 0.6) is 0 Å². The molecular formula is C21H18Cl2S2. The molecular weight excluding hydrogens is 387 g/mol. The van der Waals surface area contributed by atoms with Gasteiger partial charge in [0.05, 0.1) is 0 Å². The molecule has 0 fully saturated rings. The highest BCUT2D eigenvalue weighted by Crippen LogP contribution is 2.49. The van der Waals surface area contributed by atoms with Gasteiger partial charge < -0.3 is 0 Å². The van der Waals surface area contributed by atoms with Crippen molar-refractivity contribution in [2.75, 3.05) is 0 Å². The van der Waals surface area contributed by atoms with Gasteiger partial charge in [-0.25, -0.2) is 0 Å². The molecule has 0 spiro atoms. The number of rotatable bonds is 4. The second kappa shape index (κ2) is 7.84. The second-order valence-electron chi connectivity index (χ2n) is 6.43. The van der Waals surface area contributed by atoms with E-state index in [-0.39, 0.29) is 0 Å². The van der Waals surface area contributed by atoms with Crippen LogP contribution in [-0.2, 0) is 0 Å². The van der Waals surface area contributed by atoms with Crippen molar-refractivity contribution in [1.82, 2.24) is 0 Å². The Morgan fingerprint density at radius 1 is 0.640 bits per heavy atom. The van der Waals surface area contributed by atoms with E-state index < -0.39 is 0 Å². The zero-order valence-corrected chi connectivity index (χ0v) is 16.8. The molecule has 2 aromatic rings. The molecule has 4 rings (SSSR count). The van der Waals surface area contributed by atoms with Gasteiger partial charge in [-0.1, -0.05) is 58.9 Å². The smallest absolute Gasteiger partial charge is 0.0406 e. The van der Waals surface area contributed by atoms with Crippen molar-refractivity contribution in [2.24, 2.45) is 11.8 Å². The third-order valence-electron chi connectivity index (χ3n) is 4.68. The Morgan fingerprint density at radius 2 is 1.04 bits per heavy atom. The van der Waals surface area contributed by atoms with Crippen molar-refractivity contribution in [3.8, 4) is 0 Å². The molecule has 2 atom stereocenters. The third kappa shape index (κ3) is 4.31. The molecule has 25 heavy (non-hydrogen) atoms. The summed E-state index contributed by atoms with van der Waals surface area (Å²) in [5.41, 5.74) is 0. The first-order valence-corrected chi connectivity index (χ1v) is 10.8. The van der Waals surface area contributed by atoms with Gasteiger partial charge in [0, 0.05) is 19.8 Å². The monoisotopic (exact) mass is 404 g/mol. The van der Waals surface area contributed by atoms with Crippen molar-refractivity contribution >= 4 is 46.7 Å². The normalized spacial score (nSPS) is 22.3. The molecule has 4 heteroatoms. The Balaban J connectivity index is 1.43. The van der Waals surface area contributed by atoms with E-state index in [0.717, 1.165) is 22.9 Å². The number of halogens is 2. The van der Waals surface area contributed by atoms with Crippen LogP contribution in [0.1, 0.15) is 19.3 Å². The molecule has 128 valence electrons. The van der Waals surface area contributed by atoms with Crippen LogP contribution in [0, 0.1) is 11.8 Å². The topological polar surface area (TPSA) is 0 Å². The van der Waals surface area contributed by atoms with Gasteiger partial charge in [-0.3, -0.25) is 0 Å². The highest BCUT2D eigenvalue weighted by Gasteiger charge is 2.30. The van der Waals surface area contributed by atoms with E-state index in [0.29, 0.717) is 11.8 Å². The molecule has 0 saturated carbocycles. The summed E-state index contributed by atoms with van der Waals surface area (Å²) in [7, 11) is 0. The van der Waals surface area contributed by atoms with Gasteiger partial charge in [0.25, 0.3) is 0 Å². The van der Waals surface area contributed by atoms with Crippen LogP contribution in [0.15, 0.2) is 80.3 Å². The first kappa shape index (κ1) is 17.6. The lowest BCUT2D eigenvalue weighted by Gasteiger charge is -2.34. The fourth-order valence-corrected chi connectivity index (χ4v) is 5.80. The molecule has 2 aliphatic carbocycles. The molecule has 2 unspecified atom stereocenters. The highest BCUT2D eigenvalue weighted by molar-refractivity contribution is 8.03. The molecule has 2 aromatic carbocycles. The molecule has 0 aromatic heterocycles. The summed E-state index contributed by atoms with van der Waals surface area (Å²) in [6, 6.07) is 16.3. The molecule has 0 nitrogen and oxygen atoms in total. The van der Waals surface area contributed by atoms with Gasteiger partial charge in [0.15, 0.2) is 0 Å². The highest BCUT2D eigenvalue weighted by atomic mass is 35.5. The van der Waals surface area contributed by atoms with Crippen molar-refractivity contribution < 1.29 is 0 Å². The van der Waals surface area contributed by atoms with E-state index in [9.17, 15) is 0 Å². The summed E-state index contributed by atoms with van der Waals surface area (Å²) >= 11 is 15.8. The number of fused-ring (bicyclic) bond motifs is 2. The average molecular weight is 405 g/mol. The first-order chi connectivity index (χ1) is 12.2. The van der Waals surface area contributed by atoms with Crippen LogP contribution < -0.4 is 0 Å². The summed E-state index contributed by atoms with van der Waals surface area (Å²) in [6.07, 6.45) is 8.44. The molecule has 0 saturated heterocycles. The lowest BCUT2D eigenvalue weighted by molar-refractivity contribution is 0.431.